The monoisotopic (exact) mass is 265 g/mol. The zero-order valence-electron chi connectivity index (χ0n) is 10.8. The molecular formula is C15H20ClNO. The van der Waals surface area contributed by atoms with Crippen LogP contribution in [0, 0.1) is 5.92 Å². The predicted molar refractivity (Wildman–Crippen MR) is 74.0 cm³/mol. The fraction of sp³-hybridized carbons (Fsp3) is 0.600. The molecule has 0 spiro atoms. The first-order valence-corrected chi connectivity index (χ1v) is 7.24. The third-order valence-electron chi connectivity index (χ3n) is 4.32. The second-order valence-electron chi connectivity index (χ2n) is 5.51. The number of hydrogen-bond acceptors (Lipinski definition) is 2. The van der Waals surface area contributed by atoms with Crippen LogP contribution in [0.3, 0.4) is 0 Å². The van der Waals surface area contributed by atoms with Gasteiger partial charge in [-0.2, -0.15) is 0 Å². The van der Waals surface area contributed by atoms with E-state index < -0.39 is 0 Å². The maximum absolute atomic E-state index is 6.04. The van der Waals surface area contributed by atoms with E-state index in [1.165, 1.54) is 24.0 Å². The number of fused-ring (bicyclic) bond motifs is 1. The highest BCUT2D eigenvalue weighted by Gasteiger charge is 2.28. The number of benzene rings is 1. The lowest BCUT2D eigenvalue weighted by atomic mass is 9.98. The normalized spacial score (nSPS) is 28.3. The van der Waals surface area contributed by atoms with Gasteiger partial charge >= 0.3 is 0 Å². The number of hydrogen-bond donors (Lipinski definition) is 1. The lowest BCUT2D eigenvalue weighted by Gasteiger charge is -2.24. The van der Waals surface area contributed by atoms with Crippen molar-refractivity contribution in [3.63, 3.8) is 0 Å². The van der Waals surface area contributed by atoms with Crippen molar-refractivity contribution in [3.05, 3.63) is 34.3 Å². The molecule has 2 nitrogen and oxygen atoms in total. The molecule has 1 heterocycles. The van der Waals surface area contributed by atoms with Gasteiger partial charge in [0.1, 0.15) is 0 Å². The molecule has 1 aromatic carbocycles. The van der Waals surface area contributed by atoms with E-state index in [0.717, 1.165) is 24.7 Å². The maximum atomic E-state index is 6.04. The summed E-state index contributed by atoms with van der Waals surface area (Å²) in [4.78, 5) is 0. The lowest BCUT2D eigenvalue weighted by Crippen LogP contribution is -2.36. The fourth-order valence-corrected chi connectivity index (χ4v) is 3.35. The molecule has 3 atom stereocenters. The Hall–Kier alpha value is -0.570. The Kier molecular flexibility index (Phi) is 3.60. The third kappa shape index (κ3) is 2.42. The average molecular weight is 266 g/mol. The average Bonchev–Trinajstić information content (AvgIpc) is 2.98. The topological polar surface area (TPSA) is 21.3 Å². The Balaban J connectivity index is 1.68. The molecular weight excluding hydrogens is 246 g/mol. The van der Waals surface area contributed by atoms with Crippen LogP contribution in [-0.2, 0) is 11.2 Å². The van der Waals surface area contributed by atoms with E-state index in [0.29, 0.717) is 18.0 Å². The molecule has 1 fully saturated rings. The minimum absolute atomic E-state index is 0.493. The first kappa shape index (κ1) is 12.5. The van der Waals surface area contributed by atoms with E-state index in [9.17, 15) is 0 Å². The molecule has 2 aliphatic rings. The Morgan fingerprint density at radius 3 is 3.06 bits per heavy atom. The minimum atomic E-state index is 0.493. The Bertz CT molecular complexity index is 429. The quantitative estimate of drug-likeness (QED) is 0.905. The van der Waals surface area contributed by atoms with E-state index in [4.69, 9.17) is 16.3 Å². The molecule has 1 N–H and O–H groups in total. The van der Waals surface area contributed by atoms with Gasteiger partial charge in [0.2, 0.25) is 0 Å². The van der Waals surface area contributed by atoms with Crippen molar-refractivity contribution in [2.45, 2.75) is 38.3 Å². The van der Waals surface area contributed by atoms with Crippen LogP contribution in [0.4, 0.5) is 0 Å². The molecule has 3 rings (SSSR count). The van der Waals surface area contributed by atoms with Gasteiger partial charge in [-0.3, -0.25) is 0 Å². The van der Waals surface area contributed by atoms with Crippen molar-refractivity contribution < 1.29 is 4.74 Å². The molecule has 0 saturated carbocycles. The first-order chi connectivity index (χ1) is 8.74. The van der Waals surface area contributed by atoms with E-state index in [1.807, 2.05) is 6.07 Å². The van der Waals surface area contributed by atoms with Crippen molar-refractivity contribution in [2.75, 3.05) is 13.2 Å². The second kappa shape index (κ2) is 5.20. The summed E-state index contributed by atoms with van der Waals surface area (Å²) in [7, 11) is 0. The molecule has 98 valence electrons. The van der Waals surface area contributed by atoms with Crippen LogP contribution in [0.15, 0.2) is 18.2 Å². The van der Waals surface area contributed by atoms with Gasteiger partial charge in [0.15, 0.2) is 0 Å². The summed E-state index contributed by atoms with van der Waals surface area (Å²) in [6.07, 6.45) is 3.52. The van der Waals surface area contributed by atoms with Crippen molar-refractivity contribution in [2.24, 2.45) is 5.92 Å². The van der Waals surface area contributed by atoms with Gasteiger partial charge < -0.3 is 10.1 Å². The molecule has 0 bridgehead atoms. The molecule has 3 unspecified atom stereocenters. The van der Waals surface area contributed by atoms with Crippen molar-refractivity contribution >= 4 is 11.6 Å². The third-order valence-corrected chi connectivity index (χ3v) is 4.55. The summed E-state index contributed by atoms with van der Waals surface area (Å²) in [5.74, 6) is 0.668. The highest BCUT2D eigenvalue weighted by atomic mass is 35.5. The number of ether oxygens (including phenoxy) is 1. The van der Waals surface area contributed by atoms with Gasteiger partial charge in [-0.15, -0.1) is 0 Å². The molecule has 1 saturated heterocycles. The largest absolute Gasteiger partial charge is 0.381 e. The Labute approximate surface area is 114 Å². The van der Waals surface area contributed by atoms with Crippen LogP contribution in [0.2, 0.25) is 5.02 Å². The minimum Gasteiger partial charge on any atom is -0.381 e. The number of halogens is 1. The number of nitrogens with one attached hydrogen (secondary N) is 1. The van der Waals surface area contributed by atoms with Gasteiger partial charge in [-0.25, -0.2) is 0 Å². The summed E-state index contributed by atoms with van der Waals surface area (Å²) in [6.45, 7) is 4.12. The molecule has 1 aliphatic heterocycles. The van der Waals surface area contributed by atoms with Gasteiger partial charge in [0.25, 0.3) is 0 Å². The molecule has 0 aromatic heterocycles. The van der Waals surface area contributed by atoms with E-state index >= 15 is 0 Å². The fourth-order valence-electron chi connectivity index (χ4n) is 3.16. The SMILES string of the molecule is CC(NC1CCc2cc(Cl)ccc21)C1CCOC1. The van der Waals surface area contributed by atoms with Gasteiger partial charge in [-0.1, -0.05) is 17.7 Å². The summed E-state index contributed by atoms with van der Waals surface area (Å²) < 4.78 is 5.47. The molecule has 0 amide bonds. The van der Waals surface area contributed by atoms with E-state index in [2.05, 4.69) is 24.4 Å². The van der Waals surface area contributed by atoms with E-state index in [1.54, 1.807) is 0 Å². The Morgan fingerprint density at radius 2 is 2.28 bits per heavy atom. The summed E-state index contributed by atoms with van der Waals surface area (Å²) >= 11 is 6.04. The van der Waals surface area contributed by atoms with E-state index in [-0.39, 0.29) is 0 Å². The first-order valence-electron chi connectivity index (χ1n) is 6.86. The zero-order chi connectivity index (χ0) is 12.5. The van der Waals surface area contributed by atoms with Crippen LogP contribution >= 0.6 is 11.6 Å². The van der Waals surface area contributed by atoms with Crippen molar-refractivity contribution in [1.29, 1.82) is 0 Å². The number of aryl methyl sites for hydroxylation is 1. The molecule has 1 aromatic rings. The van der Waals surface area contributed by atoms with Crippen LogP contribution in [0.5, 0.6) is 0 Å². The van der Waals surface area contributed by atoms with Crippen LogP contribution in [0.1, 0.15) is 36.9 Å². The summed E-state index contributed by atoms with van der Waals surface area (Å²) in [5, 5.41) is 4.63. The Morgan fingerprint density at radius 1 is 1.39 bits per heavy atom. The van der Waals surface area contributed by atoms with Crippen LogP contribution < -0.4 is 5.32 Å². The predicted octanol–water partition coefficient (Wildman–Crippen LogP) is 3.34. The molecule has 3 heteroatoms. The van der Waals surface area contributed by atoms with Crippen molar-refractivity contribution in [3.8, 4) is 0 Å². The smallest absolute Gasteiger partial charge is 0.0509 e. The standard InChI is InChI=1S/C15H20ClNO/c1-10(12-6-7-18-9-12)17-15-5-2-11-8-13(16)3-4-14(11)15/h3-4,8,10,12,15,17H,2,5-7,9H2,1H3. The van der Waals surface area contributed by atoms with Gasteiger partial charge in [0.05, 0.1) is 6.61 Å². The molecule has 0 radical (unpaired) electrons. The number of rotatable bonds is 3. The maximum Gasteiger partial charge on any atom is 0.0509 e. The van der Waals surface area contributed by atoms with Crippen molar-refractivity contribution in [1.82, 2.24) is 5.32 Å². The van der Waals surface area contributed by atoms with Crippen LogP contribution in [0.25, 0.3) is 0 Å². The highest BCUT2D eigenvalue weighted by molar-refractivity contribution is 6.30. The lowest BCUT2D eigenvalue weighted by molar-refractivity contribution is 0.176. The zero-order valence-corrected chi connectivity index (χ0v) is 11.5. The highest BCUT2D eigenvalue weighted by Crippen LogP contribution is 2.34. The van der Waals surface area contributed by atoms with Crippen LogP contribution in [-0.4, -0.2) is 19.3 Å². The summed E-state index contributed by atoms with van der Waals surface area (Å²) in [6, 6.07) is 7.32. The molecule has 1 aliphatic carbocycles. The summed E-state index contributed by atoms with van der Waals surface area (Å²) in [5.41, 5.74) is 2.85. The second-order valence-corrected chi connectivity index (χ2v) is 5.95. The van der Waals surface area contributed by atoms with Gasteiger partial charge in [0, 0.05) is 23.7 Å². The van der Waals surface area contributed by atoms with Gasteiger partial charge in [-0.05, 0) is 55.4 Å². The molecule has 18 heavy (non-hydrogen) atoms.